The molecule has 0 aliphatic carbocycles. The molecular weight excluding hydrogens is 409 g/mol. The zero-order valence-corrected chi connectivity index (χ0v) is 13.4. The van der Waals surface area contributed by atoms with Gasteiger partial charge in [-0.3, -0.25) is 9.48 Å². The van der Waals surface area contributed by atoms with Crippen molar-refractivity contribution in [2.75, 3.05) is 5.32 Å². The van der Waals surface area contributed by atoms with Crippen LogP contribution in [0.1, 0.15) is 17.4 Å². The number of nitrogens with one attached hydrogen (secondary N) is 1. The van der Waals surface area contributed by atoms with E-state index >= 15 is 0 Å². The van der Waals surface area contributed by atoms with Crippen LogP contribution in [0.3, 0.4) is 0 Å². The van der Waals surface area contributed by atoms with Gasteiger partial charge in [-0.2, -0.15) is 5.10 Å². The minimum atomic E-state index is -0.164. The topological polar surface area (TPSA) is 46.9 Å². The SMILES string of the molecule is CCn1ncc(Br)c1C(=O)Nc1ccc(I)cc1. The number of aryl methyl sites for hydroxylation is 1. The Labute approximate surface area is 127 Å². The van der Waals surface area contributed by atoms with Crippen LogP contribution < -0.4 is 5.32 Å². The summed E-state index contributed by atoms with van der Waals surface area (Å²) in [7, 11) is 0. The number of nitrogens with zero attached hydrogens (tertiary/aromatic N) is 2. The van der Waals surface area contributed by atoms with Crippen molar-refractivity contribution in [2.24, 2.45) is 0 Å². The monoisotopic (exact) mass is 419 g/mol. The highest BCUT2D eigenvalue weighted by Gasteiger charge is 2.16. The second-order valence-electron chi connectivity index (χ2n) is 3.62. The average molecular weight is 420 g/mol. The Kier molecular flexibility index (Phi) is 4.39. The van der Waals surface area contributed by atoms with Crippen LogP contribution in [-0.4, -0.2) is 15.7 Å². The molecule has 18 heavy (non-hydrogen) atoms. The lowest BCUT2D eigenvalue weighted by Crippen LogP contribution is -2.17. The lowest BCUT2D eigenvalue weighted by molar-refractivity contribution is 0.101. The molecule has 6 heteroatoms. The molecule has 1 aromatic heterocycles. The molecule has 4 nitrogen and oxygen atoms in total. The Morgan fingerprint density at radius 2 is 2.11 bits per heavy atom. The van der Waals surface area contributed by atoms with Crippen molar-refractivity contribution in [3.63, 3.8) is 0 Å². The van der Waals surface area contributed by atoms with Crippen molar-refractivity contribution in [3.8, 4) is 0 Å². The van der Waals surface area contributed by atoms with Gasteiger partial charge in [0.05, 0.1) is 10.7 Å². The quantitative estimate of drug-likeness (QED) is 0.773. The van der Waals surface area contributed by atoms with Crippen LogP contribution in [0.25, 0.3) is 0 Å². The number of rotatable bonds is 3. The summed E-state index contributed by atoms with van der Waals surface area (Å²) >= 11 is 5.56. The molecule has 0 aliphatic rings. The molecule has 94 valence electrons. The first-order chi connectivity index (χ1) is 8.61. The van der Waals surface area contributed by atoms with Gasteiger partial charge in [-0.25, -0.2) is 0 Å². The standard InChI is InChI=1S/C12H11BrIN3O/c1-2-17-11(10(13)7-15-17)12(18)16-9-5-3-8(14)4-6-9/h3-7H,2H2,1H3,(H,16,18). The Morgan fingerprint density at radius 1 is 1.44 bits per heavy atom. The number of halogens is 2. The van der Waals surface area contributed by atoms with Gasteiger partial charge in [-0.05, 0) is 69.7 Å². The molecule has 0 fully saturated rings. The van der Waals surface area contributed by atoms with Gasteiger partial charge in [0.15, 0.2) is 0 Å². The summed E-state index contributed by atoms with van der Waals surface area (Å²) in [5.74, 6) is -0.164. The van der Waals surface area contributed by atoms with E-state index in [-0.39, 0.29) is 5.91 Å². The van der Waals surface area contributed by atoms with Gasteiger partial charge in [-0.1, -0.05) is 0 Å². The first kappa shape index (κ1) is 13.5. The molecule has 1 heterocycles. The molecular formula is C12H11BrIN3O. The van der Waals surface area contributed by atoms with Crippen molar-refractivity contribution < 1.29 is 4.79 Å². The molecule has 0 spiro atoms. The molecule has 0 saturated heterocycles. The zero-order valence-electron chi connectivity index (χ0n) is 9.65. The van der Waals surface area contributed by atoms with E-state index in [1.165, 1.54) is 0 Å². The van der Waals surface area contributed by atoms with Gasteiger partial charge in [0, 0.05) is 15.8 Å². The normalized spacial score (nSPS) is 10.4. The average Bonchev–Trinajstić information content (AvgIpc) is 2.73. The lowest BCUT2D eigenvalue weighted by atomic mass is 10.3. The Balaban J connectivity index is 2.21. The zero-order chi connectivity index (χ0) is 13.1. The predicted molar refractivity (Wildman–Crippen MR) is 82.7 cm³/mol. The highest BCUT2D eigenvalue weighted by molar-refractivity contribution is 14.1. The lowest BCUT2D eigenvalue weighted by Gasteiger charge is -2.07. The predicted octanol–water partition coefficient (Wildman–Crippen LogP) is 3.52. The molecule has 1 aromatic carbocycles. The van der Waals surface area contributed by atoms with E-state index in [2.05, 4.69) is 48.9 Å². The van der Waals surface area contributed by atoms with E-state index in [4.69, 9.17) is 0 Å². The second-order valence-corrected chi connectivity index (χ2v) is 5.72. The summed E-state index contributed by atoms with van der Waals surface area (Å²) in [6.45, 7) is 2.60. The van der Waals surface area contributed by atoms with Gasteiger partial charge in [0.25, 0.3) is 5.91 Å². The third kappa shape index (κ3) is 2.92. The molecule has 1 N–H and O–H groups in total. The number of aromatic nitrogens is 2. The molecule has 0 unspecified atom stereocenters. The van der Waals surface area contributed by atoms with Crippen LogP contribution in [0.2, 0.25) is 0 Å². The number of anilines is 1. The molecule has 0 saturated carbocycles. The second kappa shape index (κ2) is 5.83. The van der Waals surface area contributed by atoms with Crippen LogP contribution in [0.5, 0.6) is 0 Å². The molecule has 2 rings (SSSR count). The highest BCUT2D eigenvalue weighted by atomic mass is 127. The molecule has 0 radical (unpaired) electrons. The number of hydrogen-bond donors (Lipinski definition) is 1. The smallest absolute Gasteiger partial charge is 0.275 e. The molecule has 0 aliphatic heterocycles. The summed E-state index contributed by atoms with van der Waals surface area (Å²) in [5, 5.41) is 6.97. The van der Waals surface area contributed by atoms with Crippen molar-refractivity contribution >= 4 is 50.1 Å². The van der Waals surface area contributed by atoms with E-state index in [1.807, 2.05) is 31.2 Å². The molecule has 0 atom stereocenters. The summed E-state index contributed by atoms with van der Waals surface area (Å²) in [6, 6.07) is 7.64. The Morgan fingerprint density at radius 3 is 2.72 bits per heavy atom. The summed E-state index contributed by atoms with van der Waals surface area (Å²) in [6.07, 6.45) is 1.63. The summed E-state index contributed by atoms with van der Waals surface area (Å²) < 4.78 is 3.49. The van der Waals surface area contributed by atoms with Gasteiger partial charge in [0.2, 0.25) is 0 Å². The molecule has 1 amide bonds. The van der Waals surface area contributed by atoms with E-state index in [9.17, 15) is 4.79 Å². The maximum Gasteiger partial charge on any atom is 0.275 e. The van der Waals surface area contributed by atoms with Crippen LogP contribution >= 0.6 is 38.5 Å². The Bertz CT molecular complexity index is 565. The first-order valence-electron chi connectivity index (χ1n) is 5.40. The largest absolute Gasteiger partial charge is 0.321 e. The van der Waals surface area contributed by atoms with Crippen LogP contribution in [0, 0.1) is 3.57 Å². The minimum absolute atomic E-state index is 0.164. The number of carbonyl (C=O) groups excluding carboxylic acids is 1. The number of hydrogen-bond acceptors (Lipinski definition) is 2. The van der Waals surface area contributed by atoms with Gasteiger partial charge in [-0.15, -0.1) is 0 Å². The van der Waals surface area contributed by atoms with E-state index < -0.39 is 0 Å². The fourth-order valence-corrected chi connectivity index (χ4v) is 2.39. The van der Waals surface area contributed by atoms with E-state index in [1.54, 1.807) is 10.9 Å². The third-order valence-electron chi connectivity index (χ3n) is 2.41. The summed E-state index contributed by atoms with van der Waals surface area (Å²) in [4.78, 5) is 12.2. The van der Waals surface area contributed by atoms with E-state index in [0.29, 0.717) is 16.7 Å². The van der Waals surface area contributed by atoms with Crippen molar-refractivity contribution in [2.45, 2.75) is 13.5 Å². The van der Waals surface area contributed by atoms with Crippen molar-refractivity contribution in [3.05, 3.63) is 44.2 Å². The van der Waals surface area contributed by atoms with Crippen LogP contribution in [-0.2, 0) is 6.54 Å². The molecule has 2 aromatic rings. The third-order valence-corrected chi connectivity index (χ3v) is 3.71. The first-order valence-corrected chi connectivity index (χ1v) is 7.27. The Hall–Kier alpha value is -0.890. The number of amides is 1. The number of benzene rings is 1. The van der Waals surface area contributed by atoms with Gasteiger partial charge >= 0.3 is 0 Å². The summed E-state index contributed by atoms with van der Waals surface area (Å²) in [5.41, 5.74) is 1.31. The number of carbonyl (C=O) groups is 1. The van der Waals surface area contributed by atoms with Crippen molar-refractivity contribution in [1.82, 2.24) is 9.78 Å². The fourth-order valence-electron chi connectivity index (χ4n) is 1.55. The van der Waals surface area contributed by atoms with Gasteiger partial charge < -0.3 is 5.32 Å². The highest BCUT2D eigenvalue weighted by Crippen LogP contribution is 2.18. The van der Waals surface area contributed by atoms with E-state index in [0.717, 1.165) is 9.26 Å². The van der Waals surface area contributed by atoms with Crippen LogP contribution in [0.15, 0.2) is 34.9 Å². The fraction of sp³-hybridized carbons (Fsp3) is 0.167. The molecule has 0 bridgehead atoms. The van der Waals surface area contributed by atoms with Gasteiger partial charge in [0.1, 0.15) is 5.69 Å². The van der Waals surface area contributed by atoms with Crippen LogP contribution in [0.4, 0.5) is 5.69 Å². The maximum atomic E-state index is 12.2. The minimum Gasteiger partial charge on any atom is -0.321 e. The maximum absolute atomic E-state index is 12.2. The van der Waals surface area contributed by atoms with Crippen molar-refractivity contribution in [1.29, 1.82) is 0 Å².